The van der Waals surface area contributed by atoms with Crippen molar-refractivity contribution in [2.75, 3.05) is 24.6 Å². The van der Waals surface area contributed by atoms with Crippen molar-refractivity contribution in [3.63, 3.8) is 0 Å². The lowest BCUT2D eigenvalue weighted by molar-refractivity contribution is -0.128. The standard InChI is InChI=1S/C12H11N.C3H6O2/c1-4-10-6-2-8-13-9-3-7-11(5-1)12(10)13;1-2-5-3-4/h1-7H,8-9H2;3H,2H2,1H3. The van der Waals surface area contributed by atoms with Crippen molar-refractivity contribution in [2.45, 2.75) is 6.92 Å². The van der Waals surface area contributed by atoms with Crippen LogP contribution in [-0.2, 0) is 9.53 Å². The van der Waals surface area contributed by atoms with E-state index >= 15 is 0 Å². The molecule has 0 radical (unpaired) electrons. The van der Waals surface area contributed by atoms with Gasteiger partial charge in [0.25, 0.3) is 6.47 Å². The second-order valence-electron chi connectivity index (χ2n) is 4.05. The molecule has 3 heteroatoms. The summed E-state index contributed by atoms with van der Waals surface area (Å²) in [5.41, 5.74) is 4.12. The minimum Gasteiger partial charge on any atom is -0.468 e. The lowest BCUT2D eigenvalue weighted by Gasteiger charge is -2.31. The molecule has 0 fully saturated rings. The average molecular weight is 243 g/mol. The highest BCUT2D eigenvalue weighted by Crippen LogP contribution is 2.32. The number of anilines is 1. The van der Waals surface area contributed by atoms with Crippen LogP contribution in [0.5, 0.6) is 0 Å². The van der Waals surface area contributed by atoms with Crippen molar-refractivity contribution in [1.82, 2.24) is 0 Å². The normalized spacial score (nSPS) is 14.4. The molecule has 3 nitrogen and oxygen atoms in total. The van der Waals surface area contributed by atoms with Gasteiger partial charge in [-0.05, 0) is 18.1 Å². The van der Waals surface area contributed by atoms with E-state index in [1.165, 1.54) is 16.8 Å². The third-order valence-electron chi connectivity index (χ3n) is 2.90. The largest absolute Gasteiger partial charge is 0.468 e. The van der Waals surface area contributed by atoms with Crippen LogP contribution in [0.15, 0.2) is 30.4 Å². The summed E-state index contributed by atoms with van der Waals surface area (Å²) in [5.74, 6) is 0. The minimum atomic E-state index is 0.431. The van der Waals surface area contributed by atoms with E-state index < -0.39 is 0 Å². The summed E-state index contributed by atoms with van der Waals surface area (Å²) in [6.07, 6.45) is 8.89. The van der Waals surface area contributed by atoms with Gasteiger partial charge in [-0.15, -0.1) is 0 Å². The Morgan fingerprint density at radius 2 is 1.83 bits per heavy atom. The molecule has 94 valence electrons. The molecule has 0 unspecified atom stereocenters. The predicted octanol–water partition coefficient (Wildman–Crippen LogP) is 2.73. The van der Waals surface area contributed by atoms with Crippen molar-refractivity contribution in [3.8, 4) is 0 Å². The van der Waals surface area contributed by atoms with Crippen LogP contribution in [0.25, 0.3) is 12.2 Å². The van der Waals surface area contributed by atoms with Crippen LogP contribution < -0.4 is 4.90 Å². The Bertz CT molecular complexity index is 443. The van der Waals surface area contributed by atoms with Crippen molar-refractivity contribution < 1.29 is 9.53 Å². The maximum atomic E-state index is 9.18. The maximum Gasteiger partial charge on any atom is 0.293 e. The van der Waals surface area contributed by atoms with Gasteiger partial charge < -0.3 is 9.64 Å². The highest BCUT2D eigenvalue weighted by Gasteiger charge is 2.16. The Kier molecular flexibility index (Phi) is 4.18. The number of hydrogen-bond donors (Lipinski definition) is 0. The predicted molar refractivity (Wildman–Crippen MR) is 74.4 cm³/mol. The quantitative estimate of drug-likeness (QED) is 0.748. The van der Waals surface area contributed by atoms with Gasteiger partial charge in [-0.25, -0.2) is 0 Å². The van der Waals surface area contributed by atoms with E-state index in [1.54, 1.807) is 6.92 Å². The first-order chi connectivity index (χ1) is 8.86. The zero-order chi connectivity index (χ0) is 12.8. The maximum absolute atomic E-state index is 9.18. The molecule has 2 heterocycles. The molecular weight excluding hydrogens is 226 g/mol. The molecule has 0 spiro atoms. The second-order valence-corrected chi connectivity index (χ2v) is 4.05. The van der Waals surface area contributed by atoms with Gasteiger partial charge in [0, 0.05) is 13.1 Å². The summed E-state index contributed by atoms with van der Waals surface area (Å²) in [6.45, 7) is 4.76. The lowest BCUT2D eigenvalue weighted by Crippen LogP contribution is -2.28. The fourth-order valence-corrected chi connectivity index (χ4v) is 2.15. The molecule has 2 aliphatic rings. The topological polar surface area (TPSA) is 29.5 Å². The van der Waals surface area contributed by atoms with Gasteiger partial charge >= 0.3 is 0 Å². The molecule has 1 aromatic rings. The van der Waals surface area contributed by atoms with E-state index in [2.05, 4.69) is 52.1 Å². The Morgan fingerprint density at radius 3 is 2.28 bits per heavy atom. The van der Waals surface area contributed by atoms with Crippen molar-refractivity contribution in [2.24, 2.45) is 0 Å². The van der Waals surface area contributed by atoms with E-state index in [0.29, 0.717) is 13.1 Å². The summed E-state index contributed by atoms with van der Waals surface area (Å²) in [7, 11) is 0. The zero-order valence-corrected chi connectivity index (χ0v) is 10.5. The number of rotatable bonds is 2. The molecule has 18 heavy (non-hydrogen) atoms. The monoisotopic (exact) mass is 243 g/mol. The van der Waals surface area contributed by atoms with Gasteiger partial charge in [0.1, 0.15) is 0 Å². The Labute approximate surface area is 107 Å². The molecule has 0 aliphatic carbocycles. The molecule has 0 aromatic heterocycles. The first-order valence-corrected chi connectivity index (χ1v) is 6.13. The van der Waals surface area contributed by atoms with E-state index in [0.717, 1.165) is 13.1 Å². The number of carbonyl (C=O) groups excluding carboxylic acids is 1. The SMILES string of the molecule is C1=Cc2cccc3c2N(C1)CC=C3.CCOC=O. The molecule has 0 saturated carbocycles. The minimum absolute atomic E-state index is 0.431. The fraction of sp³-hybridized carbons (Fsp3) is 0.267. The number of benzene rings is 1. The summed E-state index contributed by atoms with van der Waals surface area (Å²) >= 11 is 0. The van der Waals surface area contributed by atoms with Gasteiger partial charge in [0.15, 0.2) is 0 Å². The van der Waals surface area contributed by atoms with Gasteiger partial charge in [-0.3, -0.25) is 4.79 Å². The first-order valence-electron chi connectivity index (χ1n) is 6.13. The van der Waals surface area contributed by atoms with E-state index in [1.807, 2.05) is 0 Å². The number of carbonyl (C=O) groups is 1. The molecular formula is C15H17NO2. The molecule has 1 aromatic carbocycles. The van der Waals surface area contributed by atoms with Crippen LogP contribution in [0.1, 0.15) is 18.1 Å². The van der Waals surface area contributed by atoms with Crippen LogP contribution >= 0.6 is 0 Å². The number of para-hydroxylation sites is 1. The smallest absolute Gasteiger partial charge is 0.293 e. The molecule has 0 saturated heterocycles. The van der Waals surface area contributed by atoms with Gasteiger partial charge in [-0.2, -0.15) is 0 Å². The second kappa shape index (κ2) is 6.05. The van der Waals surface area contributed by atoms with Crippen molar-refractivity contribution >= 4 is 24.3 Å². The van der Waals surface area contributed by atoms with Crippen LogP contribution in [0.3, 0.4) is 0 Å². The molecule has 0 atom stereocenters. The van der Waals surface area contributed by atoms with Crippen molar-refractivity contribution in [3.05, 3.63) is 41.5 Å². The number of nitrogens with zero attached hydrogens (tertiary/aromatic N) is 1. The van der Waals surface area contributed by atoms with Crippen LogP contribution in [-0.4, -0.2) is 26.2 Å². The Morgan fingerprint density at radius 1 is 1.22 bits per heavy atom. The summed E-state index contributed by atoms with van der Waals surface area (Å²) in [6, 6.07) is 6.49. The number of ether oxygens (including phenoxy) is 1. The van der Waals surface area contributed by atoms with Crippen molar-refractivity contribution in [1.29, 1.82) is 0 Å². The van der Waals surface area contributed by atoms with Gasteiger partial charge in [-0.1, -0.05) is 42.5 Å². The number of hydrogen-bond acceptors (Lipinski definition) is 3. The lowest BCUT2D eigenvalue weighted by atomic mass is 9.99. The average Bonchev–Trinajstić information content (AvgIpc) is 2.42. The highest BCUT2D eigenvalue weighted by molar-refractivity contribution is 5.82. The van der Waals surface area contributed by atoms with E-state index in [9.17, 15) is 4.79 Å². The fourth-order valence-electron chi connectivity index (χ4n) is 2.15. The van der Waals surface area contributed by atoms with Crippen LogP contribution in [0.4, 0.5) is 5.69 Å². The molecule has 0 amide bonds. The van der Waals surface area contributed by atoms with Gasteiger partial charge in [0.05, 0.1) is 12.3 Å². The Hall–Kier alpha value is -2.03. The van der Waals surface area contributed by atoms with E-state index in [4.69, 9.17) is 0 Å². The summed E-state index contributed by atoms with van der Waals surface area (Å²) < 4.78 is 4.15. The Balaban J connectivity index is 0.000000209. The third-order valence-corrected chi connectivity index (χ3v) is 2.90. The molecule has 2 aliphatic heterocycles. The highest BCUT2D eigenvalue weighted by atomic mass is 16.5. The summed E-state index contributed by atoms with van der Waals surface area (Å²) in [4.78, 5) is 11.6. The summed E-state index contributed by atoms with van der Waals surface area (Å²) in [5, 5.41) is 0. The molecule has 3 rings (SSSR count). The third kappa shape index (κ3) is 2.62. The van der Waals surface area contributed by atoms with Crippen LogP contribution in [0, 0.1) is 0 Å². The zero-order valence-electron chi connectivity index (χ0n) is 10.5. The van der Waals surface area contributed by atoms with E-state index in [-0.39, 0.29) is 0 Å². The molecule has 0 bridgehead atoms. The van der Waals surface area contributed by atoms with Crippen LogP contribution in [0.2, 0.25) is 0 Å². The van der Waals surface area contributed by atoms with Gasteiger partial charge in [0.2, 0.25) is 0 Å². The first kappa shape index (κ1) is 12.4. The molecule has 0 N–H and O–H groups in total.